The number of hydrogen-bond acceptors (Lipinski definition) is 6. The molecule has 0 saturated heterocycles. The fraction of sp³-hybridized carbons (Fsp3) is 0. The van der Waals surface area contributed by atoms with Crippen LogP contribution in [0.4, 0.5) is 0 Å². The SMILES string of the molecule is O.O=C(O)C(=O)O.O=C(O)C(=O)O.O=C(O)C(=O)O.[Ho].[Ho]. The minimum absolute atomic E-state index is 0. The van der Waals surface area contributed by atoms with E-state index in [0.29, 0.717) is 0 Å². The summed E-state index contributed by atoms with van der Waals surface area (Å²) in [6.45, 7) is 0. The standard InChI is InChI=1S/3C2H2O4.2Ho.H2O/c3*3-1(4)2(5)6;;;/h3*(H,3,4)(H,5,6);;;1H2. The van der Waals surface area contributed by atoms with Crippen molar-refractivity contribution >= 4 is 35.8 Å². The molecule has 0 spiro atoms. The molecule has 0 heterocycles. The van der Waals surface area contributed by atoms with Crippen LogP contribution < -0.4 is 0 Å². The van der Waals surface area contributed by atoms with Gasteiger partial charge in [-0.3, -0.25) is 0 Å². The smallest absolute Gasteiger partial charge is 0.414 e. The van der Waals surface area contributed by atoms with Crippen molar-refractivity contribution in [3.8, 4) is 0 Å². The Morgan fingerprint density at radius 3 is 0.429 bits per heavy atom. The molecule has 8 N–H and O–H groups in total. The third kappa shape index (κ3) is 45.2. The van der Waals surface area contributed by atoms with E-state index >= 15 is 0 Å². The van der Waals surface area contributed by atoms with Gasteiger partial charge in [0.1, 0.15) is 0 Å². The monoisotopic (exact) mass is 618 g/mol. The zero-order valence-corrected chi connectivity index (χ0v) is 13.1. The maximum Gasteiger partial charge on any atom is 0.414 e. The fourth-order valence-corrected chi connectivity index (χ4v) is 0. The van der Waals surface area contributed by atoms with Crippen molar-refractivity contribution in [2.24, 2.45) is 0 Å². The van der Waals surface area contributed by atoms with Gasteiger partial charge >= 0.3 is 35.8 Å². The summed E-state index contributed by atoms with van der Waals surface area (Å²) in [5.41, 5.74) is 0. The van der Waals surface area contributed by atoms with Gasteiger partial charge in [0.25, 0.3) is 0 Å². The minimum atomic E-state index is -1.82. The molecule has 13 nitrogen and oxygen atoms in total. The van der Waals surface area contributed by atoms with Crippen LogP contribution in [-0.2, 0) is 28.8 Å². The van der Waals surface area contributed by atoms with E-state index in [2.05, 4.69) is 0 Å². The summed E-state index contributed by atoms with van der Waals surface area (Å²) in [7, 11) is 0. The van der Waals surface area contributed by atoms with E-state index in [0.717, 1.165) is 0 Å². The van der Waals surface area contributed by atoms with Crippen LogP contribution in [0, 0.1) is 75.5 Å². The summed E-state index contributed by atoms with van der Waals surface area (Å²) < 4.78 is 0. The van der Waals surface area contributed by atoms with Crippen LogP contribution in [0.15, 0.2) is 0 Å². The Bertz CT molecular complexity index is 282. The molecule has 0 aromatic heterocycles. The van der Waals surface area contributed by atoms with Crippen molar-refractivity contribution in [1.29, 1.82) is 0 Å². The zero-order chi connectivity index (χ0) is 15.5. The first kappa shape index (κ1) is 37.0. The van der Waals surface area contributed by atoms with E-state index in [-0.39, 0.29) is 81.0 Å². The van der Waals surface area contributed by atoms with Gasteiger partial charge in [-0.05, 0) is 0 Å². The number of carboxylic acids is 6. The van der Waals surface area contributed by atoms with Crippen LogP contribution in [0.1, 0.15) is 0 Å². The molecular weight excluding hydrogens is 610 g/mol. The van der Waals surface area contributed by atoms with Crippen molar-refractivity contribution < 1.29 is 140 Å². The van der Waals surface area contributed by atoms with Crippen LogP contribution in [-0.4, -0.2) is 71.9 Å². The van der Waals surface area contributed by atoms with E-state index in [4.69, 9.17) is 59.4 Å². The molecule has 132 valence electrons. The summed E-state index contributed by atoms with van der Waals surface area (Å²) in [5, 5.41) is 44.3. The second-order valence-corrected chi connectivity index (χ2v) is 1.83. The van der Waals surface area contributed by atoms with Gasteiger partial charge in [0, 0.05) is 75.5 Å². The first-order valence-electron chi connectivity index (χ1n) is 3.32. The van der Waals surface area contributed by atoms with Crippen LogP contribution in [0.3, 0.4) is 0 Å². The van der Waals surface area contributed by atoms with E-state index < -0.39 is 35.8 Å². The second-order valence-electron chi connectivity index (χ2n) is 1.83. The minimum Gasteiger partial charge on any atom is -0.473 e. The van der Waals surface area contributed by atoms with E-state index in [1.165, 1.54) is 0 Å². The third-order valence-electron chi connectivity index (χ3n) is 0.549. The van der Waals surface area contributed by atoms with Crippen molar-refractivity contribution in [1.82, 2.24) is 0 Å². The molecule has 0 amide bonds. The van der Waals surface area contributed by atoms with Crippen molar-refractivity contribution in [2.45, 2.75) is 0 Å². The second kappa shape index (κ2) is 21.6. The van der Waals surface area contributed by atoms with Gasteiger partial charge < -0.3 is 36.1 Å². The van der Waals surface area contributed by atoms with Gasteiger partial charge in [-0.25, -0.2) is 28.8 Å². The molecule has 15 heteroatoms. The van der Waals surface area contributed by atoms with Gasteiger partial charge in [-0.15, -0.1) is 0 Å². The molecule has 0 aliphatic rings. The van der Waals surface area contributed by atoms with E-state index in [1.807, 2.05) is 0 Å². The topological polar surface area (TPSA) is 255 Å². The summed E-state index contributed by atoms with van der Waals surface area (Å²) >= 11 is 0. The molecule has 0 aromatic carbocycles. The largest absolute Gasteiger partial charge is 0.473 e. The molecule has 0 aliphatic heterocycles. The summed E-state index contributed by atoms with van der Waals surface area (Å²) in [6, 6.07) is 0. The van der Waals surface area contributed by atoms with Gasteiger partial charge in [-0.2, -0.15) is 0 Å². The Hall–Kier alpha value is -0.701. The molecule has 0 unspecified atom stereocenters. The third-order valence-corrected chi connectivity index (χ3v) is 0.549. The van der Waals surface area contributed by atoms with E-state index in [1.54, 1.807) is 0 Å². The number of aliphatic carboxylic acids is 6. The summed E-state index contributed by atoms with van der Waals surface area (Å²) in [4.78, 5) is 54.6. The average molecular weight is 618 g/mol. The quantitative estimate of drug-likeness (QED) is 0.115. The predicted molar refractivity (Wildman–Crippen MR) is 49.4 cm³/mol. The van der Waals surface area contributed by atoms with Crippen LogP contribution in [0.2, 0.25) is 0 Å². The summed E-state index contributed by atoms with van der Waals surface area (Å²) in [5.74, 6) is -10.9. The van der Waals surface area contributed by atoms with Crippen molar-refractivity contribution in [3.63, 3.8) is 0 Å². The Kier molecular flexibility index (Phi) is 38.0. The first-order chi connectivity index (χ1) is 7.93. The maximum absolute atomic E-state index is 9.10. The molecule has 0 aromatic rings. The molecule has 0 bridgehead atoms. The maximum atomic E-state index is 9.10. The molecular formula is C6H8Ho2O13. The van der Waals surface area contributed by atoms with Crippen molar-refractivity contribution in [3.05, 3.63) is 0 Å². The van der Waals surface area contributed by atoms with Gasteiger partial charge in [0.2, 0.25) is 0 Å². The molecule has 0 saturated carbocycles. The Balaban J connectivity index is -0.0000000375. The number of rotatable bonds is 0. The number of hydrogen-bond donors (Lipinski definition) is 6. The van der Waals surface area contributed by atoms with Crippen LogP contribution >= 0.6 is 0 Å². The normalized spacial score (nSPS) is 6.29. The number of carboxylic acid groups (broad SMARTS) is 6. The van der Waals surface area contributed by atoms with Gasteiger partial charge in [-0.1, -0.05) is 0 Å². The van der Waals surface area contributed by atoms with Gasteiger partial charge in [0.15, 0.2) is 0 Å². The van der Waals surface area contributed by atoms with E-state index in [9.17, 15) is 0 Å². The molecule has 0 atom stereocenters. The molecule has 0 fully saturated rings. The Labute approximate surface area is 174 Å². The van der Waals surface area contributed by atoms with Crippen molar-refractivity contribution in [2.75, 3.05) is 0 Å². The predicted octanol–water partition coefficient (Wildman–Crippen LogP) is -3.36. The summed E-state index contributed by atoms with van der Waals surface area (Å²) in [6.07, 6.45) is 0. The zero-order valence-electron chi connectivity index (χ0n) is 9.24. The van der Waals surface area contributed by atoms with Crippen LogP contribution in [0.25, 0.3) is 0 Å². The average Bonchev–Trinajstić information content (AvgIpc) is 2.18. The number of carbonyl (C=O) groups is 6. The molecule has 0 aliphatic carbocycles. The fourth-order valence-electron chi connectivity index (χ4n) is 0. The Morgan fingerprint density at radius 1 is 0.381 bits per heavy atom. The molecule has 0 rings (SSSR count). The molecule has 2 radical (unpaired) electrons. The first-order valence-corrected chi connectivity index (χ1v) is 3.32. The molecule has 21 heavy (non-hydrogen) atoms. The Morgan fingerprint density at radius 2 is 0.429 bits per heavy atom. The van der Waals surface area contributed by atoms with Gasteiger partial charge in [0.05, 0.1) is 0 Å². The van der Waals surface area contributed by atoms with Crippen LogP contribution in [0.5, 0.6) is 0 Å².